The second-order valence-corrected chi connectivity index (χ2v) is 4.47. The van der Waals surface area contributed by atoms with Gasteiger partial charge in [-0.15, -0.1) is 0 Å². The smallest absolute Gasteiger partial charge is 0.219 e. The van der Waals surface area contributed by atoms with Crippen LogP contribution in [0.25, 0.3) is 0 Å². The molecule has 1 aliphatic heterocycles. The van der Waals surface area contributed by atoms with E-state index in [4.69, 9.17) is 15.3 Å². The van der Waals surface area contributed by atoms with Crippen LogP contribution in [0.15, 0.2) is 6.07 Å². The van der Waals surface area contributed by atoms with Gasteiger partial charge in [0.05, 0.1) is 13.2 Å². The van der Waals surface area contributed by atoms with E-state index in [2.05, 4.69) is 15.4 Å². The fourth-order valence-electron chi connectivity index (χ4n) is 1.88. The summed E-state index contributed by atoms with van der Waals surface area (Å²) in [6, 6.07) is 1.73. The lowest BCUT2D eigenvalue weighted by molar-refractivity contribution is 0.138. The van der Waals surface area contributed by atoms with Gasteiger partial charge in [-0.1, -0.05) is 0 Å². The number of rotatable bonds is 4. The van der Waals surface area contributed by atoms with Crippen LogP contribution in [0.3, 0.4) is 0 Å². The lowest BCUT2D eigenvalue weighted by atomic mass is 10.3. The largest absolute Gasteiger partial charge is 0.472 e. The minimum Gasteiger partial charge on any atom is -0.472 e. The Balaban J connectivity index is 1.78. The molecule has 0 aromatic carbocycles. The van der Waals surface area contributed by atoms with Gasteiger partial charge in [0.15, 0.2) is 0 Å². The number of hydrogen-bond donors (Lipinski definition) is 2. The van der Waals surface area contributed by atoms with Crippen LogP contribution in [0, 0.1) is 0 Å². The van der Waals surface area contributed by atoms with Gasteiger partial charge in [-0.25, -0.2) is 10.8 Å². The predicted octanol–water partition coefficient (Wildman–Crippen LogP) is 0.807. The molecule has 0 radical (unpaired) electrons. The molecule has 17 heavy (non-hydrogen) atoms. The van der Waals surface area contributed by atoms with Crippen LogP contribution < -0.4 is 16.0 Å². The Hall–Kier alpha value is -1.40. The van der Waals surface area contributed by atoms with E-state index in [-0.39, 0.29) is 6.10 Å². The molecule has 0 amide bonds. The van der Waals surface area contributed by atoms with Gasteiger partial charge >= 0.3 is 0 Å². The van der Waals surface area contributed by atoms with Crippen molar-refractivity contribution < 1.29 is 9.47 Å². The quantitative estimate of drug-likeness (QED) is 0.594. The first kappa shape index (κ1) is 10.7. The zero-order valence-corrected chi connectivity index (χ0v) is 9.56. The van der Waals surface area contributed by atoms with Crippen LogP contribution in [-0.2, 0) is 4.74 Å². The van der Waals surface area contributed by atoms with Crippen LogP contribution in [0.5, 0.6) is 5.88 Å². The highest BCUT2D eigenvalue weighted by Crippen LogP contribution is 2.39. The summed E-state index contributed by atoms with van der Waals surface area (Å²) in [6.45, 7) is 1.39. The summed E-state index contributed by atoms with van der Waals surface area (Å²) in [5, 5.41) is 0. The second kappa shape index (κ2) is 4.46. The topological polar surface area (TPSA) is 82.3 Å². The van der Waals surface area contributed by atoms with Crippen LogP contribution in [0.1, 0.15) is 31.0 Å². The molecule has 1 aromatic heterocycles. The first-order valence-electron chi connectivity index (χ1n) is 5.95. The molecule has 3 rings (SSSR count). The summed E-state index contributed by atoms with van der Waals surface area (Å²) in [5.74, 6) is 7.90. The van der Waals surface area contributed by atoms with Gasteiger partial charge in [0, 0.05) is 18.4 Å². The molecule has 1 saturated heterocycles. The monoisotopic (exact) mass is 236 g/mol. The molecular formula is C11H16N4O2. The van der Waals surface area contributed by atoms with Crippen LogP contribution >= 0.6 is 0 Å². The Labute approximate surface area is 99.5 Å². The fourth-order valence-corrected chi connectivity index (χ4v) is 1.88. The minimum atomic E-state index is 0.0996. The van der Waals surface area contributed by atoms with E-state index in [0.717, 1.165) is 31.7 Å². The van der Waals surface area contributed by atoms with Crippen LogP contribution in [-0.4, -0.2) is 29.3 Å². The van der Waals surface area contributed by atoms with Gasteiger partial charge in [-0.2, -0.15) is 4.98 Å². The molecule has 2 heterocycles. The van der Waals surface area contributed by atoms with E-state index in [0.29, 0.717) is 24.2 Å². The second-order valence-electron chi connectivity index (χ2n) is 4.47. The standard InChI is InChI=1S/C11H16N4O2/c12-15-9-5-10(17-8-3-4-16-6-8)14-11(13-9)7-1-2-7/h5,7-8H,1-4,6,12H2,(H,13,14,15). The summed E-state index contributed by atoms with van der Waals surface area (Å²) in [6.07, 6.45) is 3.32. The SMILES string of the molecule is NNc1cc(OC2CCOC2)nc(C2CC2)n1. The number of ether oxygens (including phenoxy) is 2. The zero-order chi connectivity index (χ0) is 11.7. The molecule has 1 unspecified atom stereocenters. The Morgan fingerprint density at radius 3 is 2.88 bits per heavy atom. The number of hydrazine groups is 1. The predicted molar refractivity (Wildman–Crippen MR) is 61.7 cm³/mol. The molecule has 0 spiro atoms. The summed E-state index contributed by atoms with van der Waals surface area (Å²) in [4.78, 5) is 8.75. The first-order chi connectivity index (χ1) is 8.35. The third-order valence-electron chi connectivity index (χ3n) is 2.99. The van der Waals surface area contributed by atoms with Gasteiger partial charge in [-0.3, -0.25) is 0 Å². The average Bonchev–Trinajstić information content (AvgIpc) is 3.09. The fraction of sp³-hybridized carbons (Fsp3) is 0.636. The maximum Gasteiger partial charge on any atom is 0.219 e. The maximum absolute atomic E-state index is 5.76. The van der Waals surface area contributed by atoms with Crippen LogP contribution in [0.4, 0.5) is 5.82 Å². The summed E-state index contributed by atoms with van der Waals surface area (Å²) < 4.78 is 11.0. The van der Waals surface area contributed by atoms with Crippen molar-refractivity contribution in [2.24, 2.45) is 5.84 Å². The molecular weight excluding hydrogens is 220 g/mol. The molecule has 1 atom stereocenters. The van der Waals surface area contributed by atoms with Crippen molar-refractivity contribution in [3.63, 3.8) is 0 Å². The third-order valence-corrected chi connectivity index (χ3v) is 2.99. The third kappa shape index (κ3) is 2.48. The van der Waals surface area contributed by atoms with Crippen molar-refractivity contribution in [1.29, 1.82) is 0 Å². The number of nitrogens with two attached hydrogens (primary N) is 1. The van der Waals surface area contributed by atoms with E-state index in [1.807, 2.05) is 0 Å². The van der Waals surface area contributed by atoms with E-state index in [1.54, 1.807) is 6.07 Å². The lowest BCUT2D eigenvalue weighted by Gasteiger charge is -2.12. The number of aromatic nitrogens is 2. The molecule has 1 aliphatic carbocycles. The Morgan fingerprint density at radius 1 is 1.35 bits per heavy atom. The normalized spacial score (nSPS) is 23.7. The molecule has 92 valence electrons. The first-order valence-corrected chi connectivity index (χ1v) is 5.95. The molecule has 1 aromatic rings. The molecule has 6 heteroatoms. The summed E-state index contributed by atoms with van der Waals surface area (Å²) >= 11 is 0. The van der Waals surface area contributed by atoms with Crippen LogP contribution in [0.2, 0.25) is 0 Å². The van der Waals surface area contributed by atoms with E-state index >= 15 is 0 Å². The van der Waals surface area contributed by atoms with Gasteiger partial charge in [0.1, 0.15) is 17.7 Å². The number of nitrogen functional groups attached to an aromatic ring is 1. The number of nitrogens with zero attached hydrogens (tertiary/aromatic N) is 2. The van der Waals surface area contributed by atoms with Crippen molar-refractivity contribution >= 4 is 5.82 Å². The molecule has 1 saturated carbocycles. The van der Waals surface area contributed by atoms with Gasteiger partial charge in [-0.05, 0) is 12.8 Å². The molecule has 6 nitrogen and oxygen atoms in total. The lowest BCUT2D eigenvalue weighted by Crippen LogP contribution is -2.18. The van der Waals surface area contributed by atoms with E-state index in [1.165, 1.54) is 0 Å². The van der Waals surface area contributed by atoms with Crippen molar-refractivity contribution in [3.05, 3.63) is 11.9 Å². The number of hydrogen-bond acceptors (Lipinski definition) is 6. The van der Waals surface area contributed by atoms with E-state index < -0.39 is 0 Å². The average molecular weight is 236 g/mol. The maximum atomic E-state index is 5.76. The highest BCUT2D eigenvalue weighted by Gasteiger charge is 2.28. The minimum absolute atomic E-state index is 0.0996. The number of anilines is 1. The molecule has 0 bridgehead atoms. The van der Waals surface area contributed by atoms with Gasteiger partial charge < -0.3 is 14.9 Å². The highest BCUT2D eigenvalue weighted by atomic mass is 16.5. The van der Waals surface area contributed by atoms with E-state index in [9.17, 15) is 0 Å². The Morgan fingerprint density at radius 2 is 2.24 bits per heavy atom. The van der Waals surface area contributed by atoms with Crippen molar-refractivity contribution in [3.8, 4) is 5.88 Å². The molecule has 3 N–H and O–H groups in total. The Bertz CT molecular complexity index is 402. The zero-order valence-electron chi connectivity index (χ0n) is 9.56. The molecule has 2 fully saturated rings. The summed E-state index contributed by atoms with van der Waals surface area (Å²) in [7, 11) is 0. The Kier molecular flexibility index (Phi) is 2.82. The van der Waals surface area contributed by atoms with Crippen molar-refractivity contribution in [1.82, 2.24) is 9.97 Å². The van der Waals surface area contributed by atoms with Gasteiger partial charge in [0.2, 0.25) is 5.88 Å². The molecule has 2 aliphatic rings. The highest BCUT2D eigenvalue weighted by molar-refractivity contribution is 5.38. The number of nitrogens with one attached hydrogen (secondary N) is 1. The summed E-state index contributed by atoms with van der Waals surface area (Å²) in [5.41, 5.74) is 2.55. The van der Waals surface area contributed by atoms with Crippen molar-refractivity contribution in [2.75, 3.05) is 18.6 Å². The van der Waals surface area contributed by atoms with Crippen molar-refractivity contribution in [2.45, 2.75) is 31.3 Å². The van der Waals surface area contributed by atoms with Gasteiger partial charge in [0.25, 0.3) is 0 Å².